The predicted octanol–water partition coefficient (Wildman–Crippen LogP) is 0.125. The highest BCUT2D eigenvalue weighted by molar-refractivity contribution is 7.91. The van der Waals surface area contributed by atoms with Gasteiger partial charge in [-0.2, -0.15) is 0 Å². The number of ether oxygens (including phenoxy) is 1. The van der Waals surface area contributed by atoms with E-state index < -0.39 is 33.5 Å². The molecule has 0 aromatic carbocycles. The van der Waals surface area contributed by atoms with Crippen LogP contribution in [0.15, 0.2) is 0 Å². The van der Waals surface area contributed by atoms with Crippen LogP contribution in [0.4, 0.5) is 0 Å². The highest BCUT2D eigenvalue weighted by Gasteiger charge is 2.27. The van der Waals surface area contributed by atoms with Gasteiger partial charge >= 0.3 is 5.97 Å². The minimum absolute atomic E-state index is 0.00339. The summed E-state index contributed by atoms with van der Waals surface area (Å²) in [5, 5.41) is 2.29. The Kier molecular flexibility index (Phi) is 6.90. The zero-order chi connectivity index (χ0) is 14.3. The maximum Gasteiger partial charge on any atom is 0.329 e. The Labute approximate surface area is 108 Å². The fourth-order valence-corrected chi connectivity index (χ4v) is 3.40. The first-order valence-corrected chi connectivity index (χ1v) is 7.59. The summed E-state index contributed by atoms with van der Waals surface area (Å²) in [6.07, 6.45) is 0.738. The fraction of sp³-hybridized carbons (Fsp3) is 0.818. The average molecular weight is 279 g/mol. The third-order valence-corrected chi connectivity index (χ3v) is 4.44. The summed E-state index contributed by atoms with van der Waals surface area (Å²) in [5.74, 6) is -1.63. The smallest absolute Gasteiger partial charge is 0.329 e. The SMILES string of the molecule is CCC(C)CS(=O)(=O)CC(NC(C)=O)C(=O)OC. The molecule has 0 bridgehead atoms. The lowest BCUT2D eigenvalue weighted by molar-refractivity contribution is -0.144. The van der Waals surface area contributed by atoms with Gasteiger partial charge in [0.1, 0.15) is 6.04 Å². The number of carbonyl (C=O) groups is 2. The number of rotatable bonds is 7. The second-order valence-corrected chi connectivity index (χ2v) is 6.52. The van der Waals surface area contributed by atoms with Gasteiger partial charge < -0.3 is 10.1 Å². The topological polar surface area (TPSA) is 89.5 Å². The van der Waals surface area contributed by atoms with Gasteiger partial charge in [0.2, 0.25) is 5.91 Å². The van der Waals surface area contributed by atoms with Gasteiger partial charge in [-0.05, 0) is 5.92 Å². The molecule has 18 heavy (non-hydrogen) atoms. The van der Waals surface area contributed by atoms with Crippen LogP contribution in [0, 0.1) is 5.92 Å². The quantitative estimate of drug-likeness (QED) is 0.669. The zero-order valence-electron chi connectivity index (χ0n) is 11.2. The Morgan fingerprint density at radius 1 is 1.28 bits per heavy atom. The van der Waals surface area contributed by atoms with Gasteiger partial charge in [-0.25, -0.2) is 13.2 Å². The standard InChI is InChI=1S/C11H21NO5S/c1-5-8(2)6-18(15,16)7-10(11(14)17-4)12-9(3)13/h8,10H,5-7H2,1-4H3,(H,12,13). The molecule has 0 aromatic heterocycles. The van der Waals surface area contributed by atoms with Crippen molar-refractivity contribution < 1.29 is 22.7 Å². The van der Waals surface area contributed by atoms with Crippen molar-refractivity contribution in [1.82, 2.24) is 5.32 Å². The first kappa shape index (κ1) is 16.9. The number of amides is 1. The molecule has 0 aliphatic carbocycles. The van der Waals surface area contributed by atoms with Crippen molar-refractivity contribution in [3.05, 3.63) is 0 Å². The van der Waals surface area contributed by atoms with Crippen LogP contribution < -0.4 is 5.32 Å². The molecule has 0 spiro atoms. The molecule has 1 N–H and O–H groups in total. The summed E-state index contributed by atoms with van der Waals surface area (Å²) in [6.45, 7) is 4.94. The zero-order valence-corrected chi connectivity index (χ0v) is 12.0. The van der Waals surface area contributed by atoms with Gasteiger partial charge in [-0.1, -0.05) is 20.3 Å². The molecule has 0 saturated heterocycles. The van der Waals surface area contributed by atoms with E-state index in [4.69, 9.17) is 0 Å². The number of sulfone groups is 1. The van der Waals surface area contributed by atoms with E-state index in [2.05, 4.69) is 10.1 Å². The monoisotopic (exact) mass is 279 g/mol. The Hall–Kier alpha value is -1.11. The van der Waals surface area contributed by atoms with E-state index in [1.165, 1.54) is 6.92 Å². The van der Waals surface area contributed by atoms with E-state index in [0.29, 0.717) is 0 Å². The van der Waals surface area contributed by atoms with E-state index in [-0.39, 0.29) is 11.7 Å². The first-order chi connectivity index (χ1) is 8.21. The summed E-state index contributed by atoms with van der Waals surface area (Å²) in [7, 11) is -2.26. The molecule has 0 aliphatic heterocycles. The summed E-state index contributed by atoms with van der Waals surface area (Å²) in [5.41, 5.74) is 0. The van der Waals surface area contributed by atoms with Crippen LogP contribution in [0.2, 0.25) is 0 Å². The lowest BCUT2D eigenvalue weighted by atomic mass is 10.2. The van der Waals surface area contributed by atoms with E-state index in [9.17, 15) is 18.0 Å². The summed E-state index contributed by atoms with van der Waals surface area (Å²) in [6, 6.07) is -1.14. The van der Waals surface area contributed by atoms with Crippen LogP contribution in [0.3, 0.4) is 0 Å². The highest BCUT2D eigenvalue weighted by atomic mass is 32.2. The molecular formula is C11H21NO5S. The molecule has 6 nitrogen and oxygen atoms in total. The molecule has 0 heterocycles. The van der Waals surface area contributed by atoms with Crippen LogP contribution in [0.1, 0.15) is 27.2 Å². The van der Waals surface area contributed by atoms with Crippen molar-refractivity contribution >= 4 is 21.7 Å². The maximum absolute atomic E-state index is 11.9. The second kappa shape index (κ2) is 7.35. The van der Waals surface area contributed by atoms with Crippen LogP contribution in [0.5, 0.6) is 0 Å². The third kappa shape index (κ3) is 6.58. The van der Waals surface area contributed by atoms with E-state index >= 15 is 0 Å². The van der Waals surface area contributed by atoms with Crippen molar-refractivity contribution in [3.63, 3.8) is 0 Å². The van der Waals surface area contributed by atoms with E-state index in [1.54, 1.807) is 0 Å². The normalized spacial score (nSPS) is 14.7. The van der Waals surface area contributed by atoms with Crippen molar-refractivity contribution in [2.75, 3.05) is 18.6 Å². The molecule has 106 valence electrons. The molecule has 0 radical (unpaired) electrons. The minimum atomic E-state index is -3.41. The van der Waals surface area contributed by atoms with Crippen LogP contribution in [-0.2, 0) is 24.2 Å². The van der Waals surface area contributed by atoms with Crippen LogP contribution in [0.25, 0.3) is 0 Å². The number of esters is 1. The van der Waals surface area contributed by atoms with Gasteiger partial charge in [0, 0.05) is 6.92 Å². The predicted molar refractivity (Wildman–Crippen MR) is 67.7 cm³/mol. The Balaban J connectivity index is 4.75. The average Bonchev–Trinajstić information content (AvgIpc) is 2.25. The van der Waals surface area contributed by atoms with Crippen molar-refractivity contribution in [3.8, 4) is 0 Å². The molecule has 0 aromatic rings. The number of nitrogens with one attached hydrogen (secondary N) is 1. The lowest BCUT2D eigenvalue weighted by Crippen LogP contribution is -2.45. The molecule has 0 rings (SSSR count). The fourth-order valence-electron chi connectivity index (χ4n) is 1.43. The van der Waals surface area contributed by atoms with Crippen molar-refractivity contribution in [1.29, 1.82) is 0 Å². The Morgan fingerprint density at radius 3 is 2.22 bits per heavy atom. The molecule has 1 amide bonds. The molecule has 2 atom stereocenters. The number of hydrogen-bond donors (Lipinski definition) is 1. The number of methoxy groups -OCH3 is 1. The van der Waals surface area contributed by atoms with Crippen molar-refractivity contribution in [2.24, 2.45) is 5.92 Å². The highest BCUT2D eigenvalue weighted by Crippen LogP contribution is 2.07. The number of carbonyl (C=O) groups excluding carboxylic acids is 2. The molecule has 0 fully saturated rings. The minimum Gasteiger partial charge on any atom is -0.467 e. The second-order valence-electron chi connectivity index (χ2n) is 4.37. The number of hydrogen-bond acceptors (Lipinski definition) is 5. The van der Waals surface area contributed by atoms with Crippen LogP contribution >= 0.6 is 0 Å². The first-order valence-electron chi connectivity index (χ1n) is 5.77. The van der Waals surface area contributed by atoms with Gasteiger partial charge in [0.25, 0.3) is 0 Å². The van der Waals surface area contributed by atoms with Crippen LogP contribution in [-0.4, -0.2) is 45.0 Å². The third-order valence-electron chi connectivity index (χ3n) is 2.52. The molecular weight excluding hydrogens is 258 g/mol. The van der Waals surface area contributed by atoms with Gasteiger partial charge in [-0.15, -0.1) is 0 Å². The Morgan fingerprint density at radius 2 is 1.83 bits per heavy atom. The molecule has 0 saturated carbocycles. The van der Waals surface area contributed by atoms with E-state index in [1.807, 2.05) is 13.8 Å². The summed E-state index contributed by atoms with van der Waals surface area (Å²) in [4.78, 5) is 22.3. The van der Waals surface area contributed by atoms with Gasteiger partial charge in [-0.3, -0.25) is 4.79 Å². The Bertz CT molecular complexity index is 390. The molecule has 0 aliphatic rings. The van der Waals surface area contributed by atoms with Crippen molar-refractivity contribution in [2.45, 2.75) is 33.2 Å². The van der Waals surface area contributed by atoms with Gasteiger partial charge in [0.15, 0.2) is 9.84 Å². The van der Waals surface area contributed by atoms with Gasteiger partial charge in [0.05, 0.1) is 18.6 Å². The molecule has 7 heteroatoms. The maximum atomic E-state index is 11.9. The summed E-state index contributed by atoms with van der Waals surface area (Å²) >= 11 is 0. The van der Waals surface area contributed by atoms with E-state index in [0.717, 1.165) is 13.5 Å². The molecule has 2 unspecified atom stereocenters. The lowest BCUT2D eigenvalue weighted by Gasteiger charge is -2.16. The largest absolute Gasteiger partial charge is 0.467 e. The summed E-state index contributed by atoms with van der Waals surface area (Å²) < 4.78 is 28.2.